The molecule has 0 saturated heterocycles. The molecule has 0 saturated carbocycles. The fourth-order valence-corrected chi connectivity index (χ4v) is 2.97. The lowest BCUT2D eigenvalue weighted by Gasteiger charge is -2.11. The van der Waals surface area contributed by atoms with Crippen LogP contribution in [0, 0.1) is 0 Å². The van der Waals surface area contributed by atoms with Gasteiger partial charge >= 0.3 is 5.97 Å². The molecule has 29 heavy (non-hydrogen) atoms. The number of carbonyl (C=O) groups is 2. The quantitative estimate of drug-likeness (QED) is 0.466. The average molecular weight is 396 g/mol. The topological polar surface area (TPSA) is 81.0 Å². The first kappa shape index (κ1) is 20.4. The molecule has 0 fully saturated rings. The first-order valence-electron chi connectivity index (χ1n) is 9.24. The van der Waals surface area contributed by atoms with Crippen molar-refractivity contribution in [3.63, 3.8) is 0 Å². The lowest BCUT2D eigenvalue weighted by atomic mass is 10.1. The Kier molecular flexibility index (Phi) is 6.51. The first-order valence-corrected chi connectivity index (χ1v) is 9.24. The van der Waals surface area contributed by atoms with Gasteiger partial charge in [0.1, 0.15) is 17.9 Å². The molecule has 3 aromatic rings. The summed E-state index contributed by atoms with van der Waals surface area (Å²) in [4.78, 5) is 26.1. The monoisotopic (exact) mass is 396 g/mol. The molecule has 0 aliphatic rings. The zero-order valence-electron chi connectivity index (χ0n) is 16.7. The van der Waals surface area contributed by atoms with Crippen LogP contribution in [0.25, 0.3) is 11.0 Å². The lowest BCUT2D eigenvalue weighted by molar-refractivity contribution is 0.0600. The van der Waals surface area contributed by atoms with E-state index in [2.05, 4.69) is 10.1 Å². The Bertz CT molecular complexity index is 992. The first-order chi connectivity index (χ1) is 14.0. The number of esters is 1. The number of nitrogens with zero attached hydrogens (tertiary/aromatic N) is 1. The van der Waals surface area contributed by atoms with Gasteiger partial charge in [0.05, 0.1) is 19.2 Å². The zero-order chi connectivity index (χ0) is 20.8. The van der Waals surface area contributed by atoms with Gasteiger partial charge in [-0.2, -0.15) is 0 Å². The van der Waals surface area contributed by atoms with Crippen LogP contribution >= 0.6 is 0 Å². The molecule has 2 aromatic carbocycles. The highest BCUT2D eigenvalue weighted by molar-refractivity contribution is 5.99. The Morgan fingerprint density at radius 3 is 2.48 bits per heavy atom. The Morgan fingerprint density at radius 2 is 1.79 bits per heavy atom. The summed E-state index contributed by atoms with van der Waals surface area (Å²) in [6, 6.07) is 14.2. The van der Waals surface area contributed by atoms with Crippen molar-refractivity contribution < 1.29 is 23.5 Å². The van der Waals surface area contributed by atoms with Crippen molar-refractivity contribution in [2.45, 2.75) is 6.54 Å². The summed E-state index contributed by atoms with van der Waals surface area (Å²) in [5, 5.41) is 3.77. The van der Waals surface area contributed by atoms with Crippen LogP contribution in [-0.4, -0.2) is 51.1 Å². The van der Waals surface area contributed by atoms with E-state index in [1.54, 1.807) is 24.3 Å². The molecule has 0 radical (unpaired) electrons. The normalized spacial score (nSPS) is 10.9. The molecule has 1 heterocycles. The van der Waals surface area contributed by atoms with E-state index in [1.165, 1.54) is 7.11 Å². The van der Waals surface area contributed by atoms with Gasteiger partial charge in [-0.1, -0.05) is 18.2 Å². The molecule has 1 amide bonds. The van der Waals surface area contributed by atoms with E-state index in [0.717, 1.165) is 10.9 Å². The lowest BCUT2D eigenvalue weighted by Crippen LogP contribution is -2.29. The number of rotatable bonds is 8. The largest absolute Gasteiger partial charge is 0.492 e. The van der Waals surface area contributed by atoms with Crippen molar-refractivity contribution in [3.8, 4) is 5.75 Å². The smallest absolute Gasteiger partial charge is 0.337 e. The third-order valence-electron chi connectivity index (χ3n) is 4.31. The van der Waals surface area contributed by atoms with Crippen molar-refractivity contribution in [3.05, 3.63) is 65.4 Å². The summed E-state index contributed by atoms with van der Waals surface area (Å²) in [5.41, 5.74) is 2.00. The second-order valence-electron chi connectivity index (χ2n) is 6.76. The number of hydrogen-bond donors (Lipinski definition) is 1. The van der Waals surface area contributed by atoms with Crippen molar-refractivity contribution in [2.24, 2.45) is 0 Å². The van der Waals surface area contributed by atoms with Gasteiger partial charge in [0.15, 0.2) is 5.76 Å². The van der Waals surface area contributed by atoms with Gasteiger partial charge in [0.25, 0.3) is 5.91 Å². The molecular weight excluding hydrogens is 372 g/mol. The zero-order valence-corrected chi connectivity index (χ0v) is 16.7. The number of ether oxygens (including phenoxy) is 2. The van der Waals surface area contributed by atoms with Gasteiger partial charge < -0.3 is 24.1 Å². The summed E-state index contributed by atoms with van der Waals surface area (Å²) < 4.78 is 16.1. The molecule has 7 heteroatoms. The number of para-hydroxylation sites is 1. The van der Waals surface area contributed by atoms with Crippen LogP contribution < -0.4 is 10.1 Å². The summed E-state index contributed by atoms with van der Waals surface area (Å²) in [6.07, 6.45) is 0. The third kappa shape index (κ3) is 4.94. The average Bonchev–Trinajstić information content (AvgIpc) is 3.09. The number of benzene rings is 2. The standard InChI is InChI=1S/C22H24N2O5/c1-24(2)14-18-17-6-4-5-7-19(17)29-20(18)21(25)23-12-13-28-16-10-8-15(9-11-16)22(26)27-3/h4-11H,12-14H2,1-3H3,(H,23,25). The van der Waals surface area contributed by atoms with Gasteiger partial charge in [-0.15, -0.1) is 0 Å². The second-order valence-corrected chi connectivity index (χ2v) is 6.76. The van der Waals surface area contributed by atoms with E-state index < -0.39 is 5.97 Å². The van der Waals surface area contributed by atoms with Crippen LogP contribution in [0.5, 0.6) is 5.75 Å². The summed E-state index contributed by atoms with van der Waals surface area (Å²) in [7, 11) is 5.23. The Hall–Kier alpha value is -3.32. The molecule has 0 unspecified atom stereocenters. The molecule has 3 rings (SSSR count). The molecule has 7 nitrogen and oxygen atoms in total. The highest BCUT2D eigenvalue weighted by atomic mass is 16.5. The predicted octanol–water partition coefficient (Wildman–Crippen LogP) is 3.09. The molecule has 0 spiro atoms. The number of carbonyl (C=O) groups excluding carboxylic acids is 2. The molecule has 1 N–H and O–H groups in total. The third-order valence-corrected chi connectivity index (χ3v) is 4.31. The van der Waals surface area contributed by atoms with Crippen molar-refractivity contribution in [1.29, 1.82) is 0 Å². The van der Waals surface area contributed by atoms with E-state index in [4.69, 9.17) is 9.15 Å². The van der Waals surface area contributed by atoms with Gasteiger partial charge in [0.2, 0.25) is 0 Å². The highest BCUT2D eigenvalue weighted by Gasteiger charge is 2.20. The maximum absolute atomic E-state index is 12.7. The number of methoxy groups -OCH3 is 1. The summed E-state index contributed by atoms with van der Waals surface area (Å²) >= 11 is 0. The van der Waals surface area contributed by atoms with Gasteiger partial charge in [-0.05, 0) is 44.4 Å². The van der Waals surface area contributed by atoms with E-state index in [9.17, 15) is 9.59 Å². The maximum Gasteiger partial charge on any atom is 0.337 e. The Morgan fingerprint density at radius 1 is 1.07 bits per heavy atom. The number of nitrogens with one attached hydrogen (secondary N) is 1. The van der Waals surface area contributed by atoms with Crippen molar-refractivity contribution in [1.82, 2.24) is 10.2 Å². The van der Waals surface area contributed by atoms with Gasteiger partial charge in [-0.3, -0.25) is 4.79 Å². The summed E-state index contributed by atoms with van der Waals surface area (Å²) in [5.74, 6) is 0.247. The second kappa shape index (κ2) is 9.25. The predicted molar refractivity (Wildman–Crippen MR) is 109 cm³/mol. The highest BCUT2D eigenvalue weighted by Crippen LogP contribution is 2.26. The molecule has 0 atom stereocenters. The number of fused-ring (bicyclic) bond motifs is 1. The van der Waals surface area contributed by atoms with E-state index in [-0.39, 0.29) is 12.5 Å². The maximum atomic E-state index is 12.7. The molecule has 1 aromatic heterocycles. The molecule has 0 aliphatic heterocycles. The van der Waals surface area contributed by atoms with Crippen LogP contribution in [0.4, 0.5) is 0 Å². The van der Waals surface area contributed by atoms with Crippen LogP contribution in [0.15, 0.2) is 52.9 Å². The van der Waals surface area contributed by atoms with Gasteiger partial charge in [-0.25, -0.2) is 4.79 Å². The van der Waals surface area contributed by atoms with E-state index in [0.29, 0.717) is 35.7 Å². The number of furan rings is 1. The van der Waals surface area contributed by atoms with Crippen LogP contribution in [-0.2, 0) is 11.3 Å². The molecule has 0 bridgehead atoms. The molecule has 0 aliphatic carbocycles. The number of amides is 1. The van der Waals surface area contributed by atoms with E-state index in [1.807, 2.05) is 43.3 Å². The van der Waals surface area contributed by atoms with Crippen LogP contribution in [0.2, 0.25) is 0 Å². The minimum atomic E-state index is -0.400. The number of hydrogen-bond acceptors (Lipinski definition) is 6. The van der Waals surface area contributed by atoms with Crippen LogP contribution in [0.1, 0.15) is 26.5 Å². The van der Waals surface area contributed by atoms with Crippen LogP contribution in [0.3, 0.4) is 0 Å². The minimum absolute atomic E-state index is 0.275. The Labute approximate surface area is 169 Å². The fourth-order valence-electron chi connectivity index (χ4n) is 2.97. The van der Waals surface area contributed by atoms with Crippen molar-refractivity contribution >= 4 is 22.8 Å². The Balaban J connectivity index is 1.59. The summed E-state index contributed by atoms with van der Waals surface area (Å²) in [6.45, 7) is 1.20. The molecule has 152 valence electrons. The van der Waals surface area contributed by atoms with Crippen molar-refractivity contribution in [2.75, 3.05) is 34.4 Å². The minimum Gasteiger partial charge on any atom is -0.492 e. The molecular formula is C22H24N2O5. The fraction of sp³-hybridized carbons (Fsp3) is 0.273. The van der Waals surface area contributed by atoms with Gasteiger partial charge in [0, 0.05) is 17.5 Å². The SMILES string of the molecule is COC(=O)c1ccc(OCCNC(=O)c2oc3ccccc3c2CN(C)C)cc1. The van der Waals surface area contributed by atoms with E-state index >= 15 is 0 Å².